The quantitative estimate of drug-likeness (QED) is 0.425. The average Bonchev–Trinajstić information content (AvgIpc) is 2.64. The van der Waals surface area contributed by atoms with E-state index in [4.69, 9.17) is 4.74 Å². The fourth-order valence-corrected chi connectivity index (χ4v) is 2.26. The Bertz CT molecular complexity index is 814. The van der Waals surface area contributed by atoms with E-state index in [0.29, 0.717) is 12.3 Å². The minimum absolute atomic E-state index is 0.298. The first-order chi connectivity index (χ1) is 13.0. The van der Waals surface area contributed by atoms with Gasteiger partial charge < -0.3 is 10.1 Å². The third kappa shape index (κ3) is 6.93. The molecule has 0 bridgehead atoms. The van der Waals surface area contributed by atoms with Crippen LogP contribution in [0, 0.1) is 13.8 Å². The second-order valence-electron chi connectivity index (χ2n) is 6.23. The van der Waals surface area contributed by atoms with Crippen molar-refractivity contribution in [1.29, 1.82) is 0 Å². The van der Waals surface area contributed by atoms with Crippen LogP contribution in [0.5, 0.6) is 5.75 Å². The molecule has 0 saturated carbocycles. The lowest BCUT2D eigenvalue weighted by Gasteiger charge is -2.07. The molecule has 2 amide bonds. The Morgan fingerprint density at radius 3 is 2.44 bits per heavy atom. The molecule has 2 aromatic carbocycles. The maximum absolute atomic E-state index is 11.9. The van der Waals surface area contributed by atoms with Crippen LogP contribution in [0.3, 0.4) is 0 Å². The minimum atomic E-state index is -0.476. The highest BCUT2D eigenvalue weighted by Crippen LogP contribution is 2.14. The van der Waals surface area contributed by atoms with E-state index >= 15 is 0 Å². The van der Waals surface area contributed by atoms with E-state index in [1.54, 1.807) is 0 Å². The van der Waals surface area contributed by atoms with Crippen molar-refractivity contribution in [3.8, 4) is 5.75 Å². The van der Waals surface area contributed by atoms with Crippen molar-refractivity contribution >= 4 is 23.7 Å². The van der Waals surface area contributed by atoms with Gasteiger partial charge in [0.25, 0.3) is 0 Å². The average molecular weight is 367 g/mol. The molecule has 0 aliphatic heterocycles. The van der Waals surface area contributed by atoms with Crippen LogP contribution in [0.4, 0.5) is 5.69 Å². The van der Waals surface area contributed by atoms with Gasteiger partial charge >= 0.3 is 0 Å². The number of carbonyl (C=O) groups is 2. The Morgan fingerprint density at radius 2 is 1.78 bits per heavy atom. The molecule has 0 heterocycles. The molecule has 2 N–H and O–H groups in total. The Morgan fingerprint density at radius 1 is 1.04 bits per heavy atom. The van der Waals surface area contributed by atoms with Crippen LogP contribution in [0.25, 0.3) is 0 Å². The molecular formula is C21H25N3O3. The summed E-state index contributed by atoms with van der Waals surface area (Å²) >= 11 is 0. The van der Waals surface area contributed by atoms with Crippen molar-refractivity contribution in [1.82, 2.24) is 5.43 Å². The number of ether oxygens (including phenoxy) is 1. The molecule has 0 spiro atoms. The van der Waals surface area contributed by atoms with Crippen LogP contribution in [-0.4, -0.2) is 24.6 Å². The van der Waals surface area contributed by atoms with Crippen LogP contribution in [0.2, 0.25) is 0 Å². The molecular weight excluding hydrogens is 342 g/mol. The molecule has 2 rings (SSSR count). The fraction of sp³-hybridized carbons (Fsp3) is 0.286. The number of carbonyl (C=O) groups excluding carboxylic acids is 2. The first kappa shape index (κ1) is 20.2. The summed E-state index contributed by atoms with van der Waals surface area (Å²) in [5, 5.41) is 6.58. The summed E-state index contributed by atoms with van der Waals surface area (Å²) in [7, 11) is 0. The summed E-state index contributed by atoms with van der Waals surface area (Å²) in [6, 6.07) is 13.0. The standard InChI is InChI=1S/C21H25N3O3/c1-4-11-27-19-9-6-17(7-10-19)14-22-24-21(26)13-20(25)23-18-8-5-15(2)16(3)12-18/h5-10,12,14H,4,11,13H2,1-3H3,(H,23,25)(H,24,26). The summed E-state index contributed by atoms with van der Waals surface area (Å²) < 4.78 is 5.50. The summed E-state index contributed by atoms with van der Waals surface area (Å²) in [5.41, 5.74) is 6.07. The molecule has 6 heteroatoms. The maximum Gasteiger partial charge on any atom is 0.249 e. The number of aryl methyl sites for hydroxylation is 2. The monoisotopic (exact) mass is 367 g/mol. The molecule has 0 saturated heterocycles. The van der Waals surface area contributed by atoms with Crippen molar-refractivity contribution in [2.75, 3.05) is 11.9 Å². The van der Waals surface area contributed by atoms with Crippen LogP contribution in [-0.2, 0) is 9.59 Å². The van der Waals surface area contributed by atoms with Gasteiger partial charge in [-0.05, 0) is 73.4 Å². The van der Waals surface area contributed by atoms with E-state index in [9.17, 15) is 9.59 Å². The summed E-state index contributed by atoms with van der Waals surface area (Å²) in [4.78, 5) is 23.8. The van der Waals surface area contributed by atoms with E-state index in [1.807, 2.05) is 63.2 Å². The molecule has 0 unspecified atom stereocenters. The number of amides is 2. The van der Waals surface area contributed by atoms with Gasteiger partial charge in [-0.2, -0.15) is 5.10 Å². The second kappa shape index (κ2) is 10.1. The number of rotatable bonds is 8. The van der Waals surface area contributed by atoms with Crippen LogP contribution < -0.4 is 15.5 Å². The lowest BCUT2D eigenvalue weighted by Crippen LogP contribution is -2.24. The predicted octanol–water partition coefficient (Wildman–Crippen LogP) is 3.57. The zero-order valence-corrected chi connectivity index (χ0v) is 15.9. The van der Waals surface area contributed by atoms with Crippen LogP contribution >= 0.6 is 0 Å². The van der Waals surface area contributed by atoms with Crippen molar-refractivity contribution in [3.63, 3.8) is 0 Å². The van der Waals surface area contributed by atoms with Gasteiger partial charge in [0, 0.05) is 5.69 Å². The highest BCUT2D eigenvalue weighted by molar-refractivity contribution is 6.03. The molecule has 6 nitrogen and oxygen atoms in total. The summed E-state index contributed by atoms with van der Waals surface area (Å²) in [6.07, 6.45) is 2.17. The lowest BCUT2D eigenvalue weighted by molar-refractivity contribution is -0.126. The molecule has 2 aromatic rings. The zero-order valence-electron chi connectivity index (χ0n) is 15.9. The Labute approximate surface area is 159 Å². The molecule has 0 radical (unpaired) electrons. The van der Waals surface area contributed by atoms with E-state index in [2.05, 4.69) is 15.8 Å². The third-order valence-electron chi connectivity index (χ3n) is 3.87. The SMILES string of the molecule is CCCOc1ccc(C=NNC(=O)CC(=O)Nc2ccc(C)c(C)c2)cc1. The third-order valence-corrected chi connectivity index (χ3v) is 3.87. The topological polar surface area (TPSA) is 79.8 Å². The first-order valence-electron chi connectivity index (χ1n) is 8.90. The Balaban J connectivity index is 1.78. The number of hydrogen-bond acceptors (Lipinski definition) is 4. The van der Waals surface area contributed by atoms with Crippen LogP contribution in [0.1, 0.15) is 36.5 Å². The molecule has 0 atom stereocenters. The van der Waals surface area contributed by atoms with Gasteiger partial charge in [0.15, 0.2) is 0 Å². The van der Waals surface area contributed by atoms with Crippen molar-refractivity contribution < 1.29 is 14.3 Å². The fourth-order valence-electron chi connectivity index (χ4n) is 2.26. The van der Waals surface area contributed by atoms with Crippen molar-refractivity contribution in [2.45, 2.75) is 33.6 Å². The van der Waals surface area contributed by atoms with Gasteiger partial charge in [0.1, 0.15) is 12.2 Å². The van der Waals surface area contributed by atoms with E-state index in [0.717, 1.165) is 28.9 Å². The number of benzene rings is 2. The molecule has 0 aromatic heterocycles. The number of hydrogen-bond donors (Lipinski definition) is 2. The number of nitrogens with zero attached hydrogens (tertiary/aromatic N) is 1. The van der Waals surface area contributed by atoms with E-state index < -0.39 is 5.91 Å². The molecule has 0 aliphatic rings. The van der Waals surface area contributed by atoms with Gasteiger partial charge in [-0.3, -0.25) is 9.59 Å². The highest BCUT2D eigenvalue weighted by atomic mass is 16.5. The number of anilines is 1. The normalized spacial score (nSPS) is 10.6. The highest BCUT2D eigenvalue weighted by Gasteiger charge is 2.09. The first-order valence-corrected chi connectivity index (χ1v) is 8.90. The largest absolute Gasteiger partial charge is 0.494 e. The van der Waals surface area contributed by atoms with E-state index in [-0.39, 0.29) is 12.3 Å². The molecule has 0 fully saturated rings. The maximum atomic E-state index is 11.9. The lowest BCUT2D eigenvalue weighted by atomic mass is 10.1. The Hall–Kier alpha value is -3.15. The van der Waals surface area contributed by atoms with Crippen molar-refractivity contribution in [3.05, 3.63) is 59.2 Å². The number of hydrazone groups is 1. The summed E-state index contributed by atoms with van der Waals surface area (Å²) in [6.45, 7) is 6.69. The van der Waals surface area contributed by atoms with Crippen LogP contribution in [0.15, 0.2) is 47.6 Å². The van der Waals surface area contributed by atoms with Gasteiger partial charge in [0.2, 0.25) is 11.8 Å². The second-order valence-corrected chi connectivity index (χ2v) is 6.23. The Kier molecular flexibility index (Phi) is 7.55. The van der Waals surface area contributed by atoms with Gasteiger partial charge in [-0.1, -0.05) is 13.0 Å². The van der Waals surface area contributed by atoms with Gasteiger partial charge in [0.05, 0.1) is 12.8 Å². The molecule has 142 valence electrons. The van der Waals surface area contributed by atoms with Crippen molar-refractivity contribution in [2.24, 2.45) is 5.10 Å². The predicted molar refractivity (Wildman–Crippen MR) is 107 cm³/mol. The zero-order chi connectivity index (χ0) is 19.6. The van der Waals surface area contributed by atoms with E-state index in [1.165, 1.54) is 6.21 Å². The number of nitrogens with one attached hydrogen (secondary N) is 2. The summed E-state index contributed by atoms with van der Waals surface area (Å²) in [5.74, 6) is -0.0695. The smallest absolute Gasteiger partial charge is 0.249 e. The molecule has 0 aliphatic carbocycles. The minimum Gasteiger partial charge on any atom is -0.494 e. The van der Waals surface area contributed by atoms with Gasteiger partial charge in [-0.15, -0.1) is 0 Å². The van der Waals surface area contributed by atoms with Gasteiger partial charge in [-0.25, -0.2) is 5.43 Å². The molecule has 27 heavy (non-hydrogen) atoms.